The molecule has 0 saturated heterocycles. The van der Waals surface area contributed by atoms with Crippen molar-refractivity contribution in [3.05, 3.63) is 83.2 Å². The summed E-state index contributed by atoms with van der Waals surface area (Å²) in [6, 6.07) is 18.4. The van der Waals surface area contributed by atoms with E-state index in [0.29, 0.717) is 35.6 Å². The van der Waals surface area contributed by atoms with Crippen molar-refractivity contribution in [1.29, 1.82) is 0 Å². The quantitative estimate of drug-likeness (QED) is 0.0558. The van der Waals surface area contributed by atoms with Gasteiger partial charge in [0.05, 0.1) is 33.9 Å². The van der Waals surface area contributed by atoms with Crippen LogP contribution in [0.4, 0.5) is 0 Å². The Morgan fingerprint density at radius 1 is 0.587 bits per heavy atom. The molecule has 0 aliphatic rings. The maximum atomic E-state index is 12.4. The van der Waals surface area contributed by atoms with Crippen LogP contribution in [0.15, 0.2) is 60.7 Å². The van der Waals surface area contributed by atoms with Gasteiger partial charge in [0, 0.05) is 24.6 Å². The zero-order valence-corrected chi connectivity index (χ0v) is 30.9. The Morgan fingerprint density at radius 2 is 0.913 bits per heavy atom. The maximum absolute atomic E-state index is 12.4. The second-order valence-electron chi connectivity index (χ2n) is 11.2. The number of para-hydroxylation sites is 2. The van der Waals surface area contributed by atoms with Crippen LogP contribution < -0.4 is 10.2 Å². The minimum absolute atomic E-state index is 0. The number of ketones is 2. The van der Waals surface area contributed by atoms with Gasteiger partial charge >= 0.3 is 19.5 Å². The molecule has 4 aromatic rings. The van der Waals surface area contributed by atoms with Gasteiger partial charge in [-0.25, -0.2) is 9.36 Å². The van der Waals surface area contributed by atoms with E-state index >= 15 is 0 Å². The molecule has 244 valence electrons. The molecule has 0 aliphatic carbocycles. The Balaban J connectivity index is 0.000000441. The molecular weight excluding hydrogens is 634 g/mol. The monoisotopic (exact) mass is 681 g/mol. The molecule has 0 bridgehead atoms. The number of Topliss-reactive ketones (excluding diaryl/α,β-unsaturated/α-hetero) is 2. The maximum Gasteiger partial charge on any atom is 2.00 e. The van der Waals surface area contributed by atoms with Crippen molar-refractivity contribution < 1.29 is 44.8 Å². The van der Waals surface area contributed by atoms with Crippen LogP contribution in [0.25, 0.3) is 11.4 Å². The van der Waals surface area contributed by atoms with E-state index in [9.17, 15) is 19.8 Å². The third-order valence-corrected chi connectivity index (χ3v) is 7.61. The number of carbonyl (C=O) groups excluding carboxylic acids is 2. The second-order valence-corrected chi connectivity index (χ2v) is 11.2. The van der Waals surface area contributed by atoms with E-state index in [2.05, 4.69) is 24.0 Å². The number of aromatic nitrogens is 4. The smallest absolute Gasteiger partial charge is 0.858 e. The van der Waals surface area contributed by atoms with Crippen LogP contribution in [0.5, 0.6) is 11.8 Å². The zero-order valence-electron chi connectivity index (χ0n) is 28.0. The molecule has 2 aromatic carbocycles. The summed E-state index contributed by atoms with van der Waals surface area (Å²) >= 11 is 0. The molecule has 9 nitrogen and oxygen atoms in total. The van der Waals surface area contributed by atoms with Gasteiger partial charge in [0.25, 0.3) is 0 Å². The molecule has 0 atom stereocenters. The minimum Gasteiger partial charge on any atom is -0.858 e. The number of aryl methyl sites for hydroxylation is 2. The van der Waals surface area contributed by atoms with Crippen LogP contribution >= 0.6 is 0 Å². The van der Waals surface area contributed by atoms with Crippen molar-refractivity contribution in [2.24, 2.45) is 0 Å². The second kappa shape index (κ2) is 21.2. The molecule has 0 unspecified atom stereocenters. The van der Waals surface area contributed by atoms with Crippen LogP contribution in [-0.4, -0.2) is 31.1 Å². The number of unbranched alkanes of at least 4 members (excludes halogenated alkanes) is 8. The largest absolute Gasteiger partial charge is 2.00 e. The molecule has 46 heavy (non-hydrogen) atoms. The molecule has 0 aliphatic heterocycles. The number of carbonyl (C=O) groups is 2. The number of nitrogens with zero attached hydrogens (tertiary/aromatic N) is 4. The summed E-state index contributed by atoms with van der Waals surface area (Å²) in [4.78, 5) is 24.6. The van der Waals surface area contributed by atoms with Crippen LogP contribution in [-0.2, 0) is 25.0 Å². The fraction of sp³-hybridized carbons (Fsp3) is 0.444. The Hall–Kier alpha value is -3.62. The van der Waals surface area contributed by atoms with Crippen LogP contribution in [0.1, 0.15) is 123 Å². The average Bonchev–Trinajstić information content (AvgIpc) is 3.51. The standard InChI is InChI=1S/2C18H24N2O2.H2O.Zn/c2*1-3-4-5-6-10-13-16(21)17-14(2)19-20(18(17)22)15-11-8-7-9-12-15;;/h2*7-9,11-12,22H,3-6,10,13H2,1-2H3;1H2;/q;;;+2/p-1. The normalized spacial score (nSPS) is 10.3. The molecule has 0 saturated carbocycles. The number of hydrogen-bond donors (Lipinski definition) is 0. The summed E-state index contributed by atoms with van der Waals surface area (Å²) in [5.41, 5.74) is 2.92. The first-order valence-electron chi connectivity index (χ1n) is 16.0. The van der Waals surface area contributed by atoms with E-state index < -0.39 is 0 Å². The first-order chi connectivity index (χ1) is 21.3. The summed E-state index contributed by atoms with van der Waals surface area (Å²) < 4.78 is 2.64. The van der Waals surface area contributed by atoms with Crippen molar-refractivity contribution in [3.8, 4) is 23.1 Å². The summed E-state index contributed by atoms with van der Waals surface area (Å²) in [5, 5.41) is 33.4. The van der Waals surface area contributed by atoms with Gasteiger partial charge in [-0.2, -0.15) is 10.2 Å². The Labute approximate surface area is 286 Å². The minimum atomic E-state index is -0.303. The van der Waals surface area contributed by atoms with Gasteiger partial charge in [0.2, 0.25) is 0 Å². The van der Waals surface area contributed by atoms with E-state index in [1.54, 1.807) is 13.8 Å². The van der Waals surface area contributed by atoms with Crippen molar-refractivity contribution >= 4 is 11.6 Å². The van der Waals surface area contributed by atoms with E-state index in [1.165, 1.54) is 35.0 Å². The summed E-state index contributed by atoms with van der Waals surface area (Å²) in [6.45, 7) is 7.78. The Kier molecular flexibility index (Phi) is 18.6. The number of hydrogen-bond acceptors (Lipinski definition) is 6. The van der Waals surface area contributed by atoms with E-state index in [-0.39, 0.29) is 59.4 Å². The van der Waals surface area contributed by atoms with E-state index in [0.717, 1.165) is 38.5 Å². The zero-order chi connectivity index (χ0) is 31.9. The topological polar surface area (TPSA) is 149 Å². The molecule has 0 radical (unpaired) electrons. The molecule has 10 heteroatoms. The Bertz CT molecular complexity index is 1360. The van der Waals surface area contributed by atoms with Gasteiger partial charge in [0.1, 0.15) is 0 Å². The SMILES string of the molecule is CCCCCCCC(=O)c1c(C)nn(-c2ccccc2)c1[O-].CCCCCCCC(=O)c1c(C)nn(-c2ccccc2)c1[O-].[OH3+].[Zn+2]. The van der Waals surface area contributed by atoms with Gasteiger partial charge in [0.15, 0.2) is 11.6 Å². The molecule has 3 N–H and O–H groups in total. The summed E-state index contributed by atoms with van der Waals surface area (Å²) in [7, 11) is 0. The van der Waals surface area contributed by atoms with Crippen LogP contribution in [0.2, 0.25) is 0 Å². The molecule has 0 fully saturated rings. The van der Waals surface area contributed by atoms with Crippen molar-refractivity contribution in [2.75, 3.05) is 0 Å². The predicted molar refractivity (Wildman–Crippen MR) is 176 cm³/mol. The van der Waals surface area contributed by atoms with Crippen molar-refractivity contribution in [1.82, 2.24) is 19.6 Å². The average molecular weight is 683 g/mol. The third-order valence-electron chi connectivity index (χ3n) is 7.61. The van der Waals surface area contributed by atoms with Gasteiger partial charge in [-0.15, -0.1) is 0 Å². The van der Waals surface area contributed by atoms with Gasteiger partial charge < -0.3 is 15.7 Å². The number of benzene rings is 2. The van der Waals surface area contributed by atoms with Crippen LogP contribution in [0, 0.1) is 13.8 Å². The number of rotatable bonds is 16. The molecule has 0 amide bonds. The molecule has 2 heterocycles. The third kappa shape index (κ3) is 11.3. The first-order valence-corrected chi connectivity index (χ1v) is 16.0. The van der Waals surface area contributed by atoms with Gasteiger partial charge in [-0.1, -0.05) is 102 Å². The van der Waals surface area contributed by atoms with Crippen LogP contribution in [0.3, 0.4) is 0 Å². The molecule has 4 rings (SSSR count). The Morgan fingerprint density at radius 3 is 1.24 bits per heavy atom. The van der Waals surface area contributed by atoms with E-state index in [1.807, 2.05) is 60.7 Å². The molecule has 2 aromatic heterocycles. The van der Waals surface area contributed by atoms with E-state index in [4.69, 9.17) is 0 Å². The predicted octanol–water partition coefficient (Wildman–Crippen LogP) is 6.67. The fourth-order valence-electron chi connectivity index (χ4n) is 5.17. The van der Waals surface area contributed by atoms with Gasteiger partial charge in [-0.3, -0.25) is 9.59 Å². The summed E-state index contributed by atoms with van der Waals surface area (Å²) in [5.74, 6) is -0.771. The fourth-order valence-corrected chi connectivity index (χ4v) is 5.17. The van der Waals surface area contributed by atoms with Crippen molar-refractivity contribution in [3.63, 3.8) is 0 Å². The van der Waals surface area contributed by atoms with Gasteiger partial charge in [-0.05, 0) is 51.0 Å². The summed E-state index contributed by atoms with van der Waals surface area (Å²) in [6.07, 6.45) is 11.7. The first kappa shape index (κ1) is 40.4. The molecular formula is C36H49N4O5Zn+. The van der Waals surface area contributed by atoms with Crippen molar-refractivity contribution in [2.45, 2.75) is 105 Å². The molecule has 0 spiro atoms.